The fraction of sp³-hybridized carbons (Fsp3) is 0.500. The van der Waals surface area contributed by atoms with Crippen molar-refractivity contribution in [2.45, 2.75) is 19.9 Å². The van der Waals surface area contributed by atoms with Crippen LogP contribution in [0.5, 0.6) is 5.75 Å². The molecule has 19 heavy (non-hydrogen) atoms. The van der Waals surface area contributed by atoms with Gasteiger partial charge in [-0.15, -0.1) is 0 Å². The van der Waals surface area contributed by atoms with Gasteiger partial charge >= 0.3 is 0 Å². The highest BCUT2D eigenvalue weighted by molar-refractivity contribution is 5.76. The molecule has 0 unspecified atom stereocenters. The Bertz CT molecular complexity index is 408. The summed E-state index contributed by atoms with van der Waals surface area (Å²) in [6.07, 6.45) is 0.413. The topological polar surface area (TPSA) is 70.6 Å². The molecule has 1 aromatic rings. The Hall–Kier alpha value is -1.59. The summed E-state index contributed by atoms with van der Waals surface area (Å²) in [7, 11) is 1.60. The highest BCUT2D eigenvalue weighted by Gasteiger charge is 2.04. The SMILES string of the molecule is COCCNC(=O)CCNCc1cccc(C)c1O. The van der Waals surface area contributed by atoms with Gasteiger partial charge in [0, 0.05) is 38.7 Å². The summed E-state index contributed by atoms with van der Waals surface area (Å²) < 4.78 is 4.84. The molecule has 1 rings (SSSR count). The van der Waals surface area contributed by atoms with E-state index in [4.69, 9.17) is 4.74 Å². The maximum Gasteiger partial charge on any atom is 0.221 e. The summed E-state index contributed by atoms with van der Waals surface area (Å²) in [6, 6.07) is 5.64. The first kappa shape index (κ1) is 15.5. The number of hydrogen-bond donors (Lipinski definition) is 3. The minimum atomic E-state index is -0.00184. The summed E-state index contributed by atoms with van der Waals surface area (Å²) in [5.41, 5.74) is 1.70. The number of phenols is 1. The molecule has 0 aromatic heterocycles. The molecule has 0 atom stereocenters. The zero-order valence-electron chi connectivity index (χ0n) is 11.5. The third-order valence-electron chi connectivity index (χ3n) is 2.79. The number of benzene rings is 1. The van der Waals surface area contributed by atoms with Crippen molar-refractivity contribution in [2.75, 3.05) is 26.8 Å². The third-order valence-corrected chi connectivity index (χ3v) is 2.79. The van der Waals surface area contributed by atoms with E-state index in [0.29, 0.717) is 38.4 Å². The summed E-state index contributed by atoms with van der Waals surface area (Å²) in [5.74, 6) is 0.317. The monoisotopic (exact) mass is 266 g/mol. The minimum Gasteiger partial charge on any atom is -0.507 e. The molecule has 0 spiro atoms. The number of aryl methyl sites for hydroxylation is 1. The first-order chi connectivity index (χ1) is 9.15. The van der Waals surface area contributed by atoms with Gasteiger partial charge in [-0.3, -0.25) is 4.79 Å². The second-order valence-electron chi connectivity index (χ2n) is 4.35. The fourth-order valence-corrected chi connectivity index (χ4v) is 1.67. The number of phenolic OH excluding ortho intramolecular Hbond substituents is 1. The van der Waals surface area contributed by atoms with Gasteiger partial charge in [-0.05, 0) is 12.5 Å². The average molecular weight is 266 g/mol. The Morgan fingerprint density at radius 3 is 2.89 bits per heavy atom. The summed E-state index contributed by atoms with van der Waals surface area (Å²) in [4.78, 5) is 11.4. The van der Waals surface area contributed by atoms with Crippen LogP contribution in [0.4, 0.5) is 0 Å². The lowest BCUT2D eigenvalue weighted by Crippen LogP contribution is -2.29. The molecule has 5 nitrogen and oxygen atoms in total. The van der Waals surface area contributed by atoms with Crippen molar-refractivity contribution in [3.8, 4) is 5.75 Å². The lowest BCUT2D eigenvalue weighted by molar-refractivity contribution is -0.121. The predicted molar refractivity (Wildman–Crippen MR) is 74.1 cm³/mol. The maximum atomic E-state index is 11.4. The molecule has 5 heteroatoms. The molecule has 106 valence electrons. The maximum absolute atomic E-state index is 11.4. The summed E-state index contributed by atoms with van der Waals surface area (Å²) in [6.45, 7) is 4.05. The summed E-state index contributed by atoms with van der Waals surface area (Å²) >= 11 is 0. The molecule has 0 aliphatic carbocycles. The lowest BCUT2D eigenvalue weighted by Gasteiger charge is -2.09. The molecular formula is C14H22N2O3. The van der Waals surface area contributed by atoms with Gasteiger partial charge in [-0.2, -0.15) is 0 Å². The van der Waals surface area contributed by atoms with Crippen LogP contribution in [0.25, 0.3) is 0 Å². The zero-order chi connectivity index (χ0) is 14.1. The van der Waals surface area contributed by atoms with E-state index in [2.05, 4.69) is 10.6 Å². The second kappa shape index (κ2) is 8.50. The quantitative estimate of drug-likeness (QED) is 0.613. The highest BCUT2D eigenvalue weighted by atomic mass is 16.5. The average Bonchev–Trinajstić information content (AvgIpc) is 2.39. The van der Waals surface area contributed by atoms with Crippen LogP contribution in [-0.4, -0.2) is 37.8 Å². The van der Waals surface area contributed by atoms with E-state index in [-0.39, 0.29) is 5.91 Å². The van der Waals surface area contributed by atoms with Crippen molar-refractivity contribution in [1.29, 1.82) is 0 Å². The number of carbonyl (C=O) groups is 1. The van der Waals surface area contributed by atoms with Gasteiger partial charge in [0.25, 0.3) is 0 Å². The first-order valence-electron chi connectivity index (χ1n) is 6.39. The van der Waals surface area contributed by atoms with Crippen molar-refractivity contribution in [1.82, 2.24) is 10.6 Å². The lowest BCUT2D eigenvalue weighted by atomic mass is 10.1. The Balaban J connectivity index is 2.20. The second-order valence-corrected chi connectivity index (χ2v) is 4.35. The molecule has 0 bridgehead atoms. The number of amides is 1. The van der Waals surface area contributed by atoms with Crippen molar-refractivity contribution >= 4 is 5.91 Å². The number of para-hydroxylation sites is 1. The van der Waals surface area contributed by atoms with Gasteiger partial charge in [0.05, 0.1) is 6.61 Å². The number of carbonyl (C=O) groups excluding carboxylic acids is 1. The molecule has 0 radical (unpaired) electrons. The fourth-order valence-electron chi connectivity index (χ4n) is 1.67. The van der Waals surface area contributed by atoms with Crippen LogP contribution in [0.3, 0.4) is 0 Å². The van der Waals surface area contributed by atoms with E-state index in [1.54, 1.807) is 7.11 Å². The Kier molecular flexibility index (Phi) is 6.92. The smallest absolute Gasteiger partial charge is 0.221 e. The van der Waals surface area contributed by atoms with Crippen LogP contribution < -0.4 is 10.6 Å². The van der Waals surface area contributed by atoms with Crippen LogP contribution in [-0.2, 0) is 16.1 Å². The molecule has 0 saturated heterocycles. The predicted octanol–water partition coefficient (Wildman–Crippen LogP) is 0.943. The van der Waals surface area contributed by atoms with Crippen molar-refractivity contribution in [3.05, 3.63) is 29.3 Å². The first-order valence-corrected chi connectivity index (χ1v) is 6.39. The number of rotatable bonds is 8. The van der Waals surface area contributed by atoms with Crippen LogP contribution in [0.15, 0.2) is 18.2 Å². The third kappa shape index (κ3) is 5.72. The minimum absolute atomic E-state index is 0.00184. The normalized spacial score (nSPS) is 10.4. The molecule has 0 heterocycles. The number of hydrogen-bond acceptors (Lipinski definition) is 4. The van der Waals surface area contributed by atoms with E-state index in [1.807, 2.05) is 25.1 Å². The number of methoxy groups -OCH3 is 1. The molecule has 3 N–H and O–H groups in total. The van der Waals surface area contributed by atoms with Gasteiger partial charge in [0.15, 0.2) is 0 Å². The van der Waals surface area contributed by atoms with E-state index in [1.165, 1.54) is 0 Å². The molecule has 0 aliphatic rings. The van der Waals surface area contributed by atoms with Crippen molar-refractivity contribution in [3.63, 3.8) is 0 Å². The van der Waals surface area contributed by atoms with E-state index < -0.39 is 0 Å². The highest BCUT2D eigenvalue weighted by Crippen LogP contribution is 2.20. The van der Waals surface area contributed by atoms with Gasteiger partial charge < -0.3 is 20.5 Å². The van der Waals surface area contributed by atoms with E-state index in [9.17, 15) is 9.90 Å². The van der Waals surface area contributed by atoms with E-state index >= 15 is 0 Å². The summed E-state index contributed by atoms with van der Waals surface area (Å²) in [5, 5.41) is 15.7. The Morgan fingerprint density at radius 1 is 1.37 bits per heavy atom. The molecule has 1 amide bonds. The van der Waals surface area contributed by atoms with Crippen molar-refractivity contribution in [2.24, 2.45) is 0 Å². The number of ether oxygens (including phenoxy) is 1. The molecule has 0 saturated carbocycles. The van der Waals surface area contributed by atoms with Gasteiger partial charge in [-0.25, -0.2) is 0 Å². The molecular weight excluding hydrogens is 244 g/mol. The van der Waals surface area contributed by atoms with Crippen LogP contribution >= 0.6 is 0 Å². The molecule has 0 aliphatic heterocycles. The van der Waals surface area contributed by atoms with Crippen molar-refractivity contribution < 1.29 is 14.6 Å². The Labute approximate surface area is 114 Å². The van der Waals surface area contributed by atoms with Gasteiger partial charge in [0.2, 0.25) is 5.91 Å². The zero-order valence-corrected chi connectivity index (χ0v) is 11.5. The van der Waals surface area contributed by atoms with Crippen LogP contribution in [0, 0.1) is 6.92 Å². The number of aromatic hydroxyl groups is 1. The van der Waals surface area contributed by atoms with Crippen LogP contribution in [0.2, 0.25) is 0 Å². The number of nitrogens with one attached hydrogen (secondary N) is 2. The van der Waals surface area contributed by atoms with Gasteiger partial charge in [0.1, 0.15) is 5.75 Å². The molecule has 1 aromatic carbocycles. The van der Waals surface area contributed by atoms with Gasteiger partial charge in [-0.1, -0.05) is 18.2 Å². The Morgan fingerprint density at radius 2 is 2.16 bits per heavy atom. The largest absolute Gasteiger partial charge is 0.507 e. The van der Waals surface area contributed by atoms with E-state index in [0.717, 1.165) is 11.1 Å². The molecule has 0 fully saturated rings. The van der Waals surface area contributed by atoms with Crippen LogP contribution in [0.1, 0.15) is 17.5 Å². The standard InChI is InChI=1S/C14H22N2O3/c1-11-4-3-5-12(14(11)18)10-15-7-6-13(17)16-8-9-19-2/h3-5,15,18H,6-10H2,1-2H3,(H,16,17).